The number of nitriles is 1. The average Bonchev–Trinajstić information content (AvgIpc) is 2.56. The third kappa shape index (κ3) is 1.37. The maximum absolute atomic E-state index is 9.50. The van der Waals surface area contributed by atoms with Crippen LogP contribution in [-0.2, 0) is 7.05 Å². The van der Waals surface area contributed by atoms with E-state index in [1.807, 2.05) is 19.2 Å². The fourth-order valence-corrected chi connectivity index (χ4v) is 1.70. The third-order valence-corrected chi connectivity index (χ3v) is 2.44. The summed E-state index contributed by atoms with van der Waals surface area (Å²) >= 11 is 0. The summed E-state index contributed by atoms with van der Waals surface area (Å²) in [6.07, 6.45) is -0.631. The molecule has 0 aliphatic heterocycles. The number of para-hydroxylation sites is 1. The third-order valence-electron chi connectivity index (χ3n) is 2.44. The highest BCUT2D eigenvalue weighted by molar-refractivity contribution is 5.82. The summed E-state index contributed by atoms with van der Waals surface area (Å²) in [7, 11) is 1.83. The molecular weight excluding hydrogens is 190 g/mol. The van der Waals surface area contributed by atoms with E-state index >= 15 is 0 Å². The molecular formula is C11H11N3O. The molecule has 4 nitrogen and oxygen atoms in total. The Bertz CT molecular complexity index is 549. The molecule has 0 saturated heterocycles. The summed E-state index contributed by atoms with van der Waals surface area (Å²) in [5.41, 5.74) is 2.05. The number of fused-ring (bicyclic) bond motifs is 1. The monoisotopic (exact) mass is 201 g/mol. The molecule has 0 aliphatic rings. The second kappa shape index (κ2) is 3.37. The molecule has 0 radical (unpaired) electrons. The highest BCUT2D eigenvalue weighted by Crippen LogP contribution is 2.21. The maximum Gasteiger partial charge on any atom is 0.138 e. The van der Waals surface area contributed by atoms with Crippen LogP contribution in [0.25, 0.3) is 11.0 Å². The van der Waals surface area contributed by atoms with Gasteiger partial charge < -0.3 is 9.67 Å². The molecule has 0 fully saturated rings. The summed E-state index contributed by atoms with van der Waals surface area (Å²) < 4.78 is 1.81. The molecule has 1 aromatic heterocycles. The minimum Gasteiger partial charge on any atom is -0.385 e. The number of aliphatic hydroxyl groups excluding tert-OH is 1. The normalized spacial score (nSPS) is 12.7. The first-order chi connectivity index (χ1) is 7.15. The Labute approximate surface area is 87.4 Å². The van der Waals surface area contributed by atoms with Crippen LogP contribution in [0, 0.1) is 11.3 Å². The smallest absolute Gasteiger partial charge is 0.138 e. The molecule has 0 amide bonds. The van der Waals surface area contributed by atoms with E-state index in [0.717, 1.165) is 5.52 Å². The number of rotatable bonds is 1. The van der Waals surface area contributed by atoms with Crippen molar-refractivity contribution in [3.8, 4) is 6.07 Å². The van der Waals surface area contributed by atoms with Crippen molar-refractivity contribution in [2.45, 2.75) is 13.0 Å². The molecule has 1 N–H and O–H groups in total. The van der Waals surface area contributed by atoms with Crippen LogP contribution in [0.15, 0.2) is 18.2 Å². The number of aryl methyl sites for hydroxylation is 1. The van der Waals surface area contributed by atoms with Crippen LogP contribution in [-0.4, -0.2) is 14.7 Å². The van der Waals surface area contributed by atoms with Crippen molar-refractivity contribution in [1.82, 2.24) is 9.55 Å². The molecule has 0 saturated carbocycles. The zero-order chi connectivity index (χ0) is 11.0. The van der Waals surface area contributed by atoms with E-state index in [-0.39, 0.29) is 0 Å². The Morgan fingerprint density at radius 3 is 2.87 bits per heavy atom. The van der Waals surface area contributed by atoms with Crippen molar-refractivity contribution >= 4 is 11.0 Å². The highest BCUT2D eigenvalue weighted by Gasteiger charge is 2.13. The van der Waals surface area contributed by atoms with Gasteiger partial charge in [-0.2, -0.15) is 5.26 Å². The summed E-state index contributed by atoms with van der Waals surface area (Å²) in [5, 5.41) is 18.4. The van der Waals surface area contributed by atoms with Crippen molar-refractivity contribution in [3.05, 3.63) is 29.6 Å². The quantitative estimate of drug-likeness (QED) is 0.760. The van der Waals surface area contributed by atoms with Gasteiger partial charge in [0.2, 0.25) is 0 Å². The summed E-state index contributed by atoms with van der Waals surface area (Å²) in [6.45, 7) is 1.66. The lowest BCUT2D eigenvalue weighted by atomic mass is 10.2. The fourth-order valence-electron chi connectivity index (χ4n) is 1.70. The first-order valence-corrected chi connectivity index (χ1v) is 4.68. The van der Waals surface area contributed by atoms with Crippen LogP contribution in [0.2, 0.25) is 0 Å². The minimum absolute atomic E-state index is 0.537. The molecule has 2 aromatic rings. The van der Waals surface area contributed by atoms with E-state index in [2.05, 4.69) is 11.1 Å². The van der Waals surface area contributed by atoms with Crippen molar-refractivity contribution in [1.29, 1.82) is 5.26 Å². The maximum atomic E-state index is 9.50. The van der Waals surface area contributed by atoms with Crippen LogP contribution < -0.4 is 0 Å². The highest BCUT2D eigenvalue weighted by atomic mass is 16.3. The predicted octanol–water partition coefficient (Wildman–Crippen LogP) is 1.50. The van der Waals surface area contributed by atoms with Crippen molar-refractivity contribution in [2.24, 2.45) is 7.05 Å². The molecule has 0 bridgehead atoms. The Hall–Kier alpha value is -1.86. The second-order valence-corrected chi connectivity index (χ2v) is 3.49. The lowest BCUT2D eigenvalue weighted by molar-refractivity contribution is 0.186. The van der Waals surface area contributed by atoms with Crippen molar-refractivity contribution < 1.29 is 5.11 Å². The molecule has 2 rings (SSSR count). The molecule has 1 unspecified atom stereocenters. The predicted molar refractivity (Wildman–Crippen MR) is 56.1 cm³/mol. The Morgan fingerprint density at radius 2 is 2.27 bits per heavy atom. The molecule has 4 heteroatoms. The number of nitrogens with zero attached hydrogens (tertiary/aromatic N) is 3. The number of hydrogen-bond acceptors (Lipinski definition) is 3. The Balaban J connectivity index is 2.82. The first-order valence-electron chi connectivity index (χ1n) is 4.68. The van der Waals surface area contributed by atoms with Crippen LogP contribution in [0.4, 0.5) is 0 Å². The minimum atomic E-state index is -0.631. The zero-order valence-electron chi connectivity index (χ0n) is 8.60. The van der Waals surface area contributed by atoms with E-state index in [0.29, 0.717) is 16.9 Å². The molecule has 0 aliphatic carbocycles. The fraction of sp³-hybridized carbons (Fsp3) is 0.273. The molecule has 1 atom stereocenters. The molecule has 76 valence electrons. The SMILES string of the molecule is CC(O)c1nc2c(C#N)cccc2n1C. The number of aliphatic hydroxyl groups is 1. The van der Waals surface area contributed by atoms with E-state index in [4.69, 9.17) is 5.26 Å². The van der Waals surface area contributed by atoms with Gasteiger partial charge in [-0.3, -0.25) is 0 Å². The van der Waals surface area contributed by atoms with Gasteiger partial charge in [0.05, 0.1) is 11.1 Å². The first kappa shape index (κ1) is 9.69. The molecule has 1 heterocycles. The van der Waals surface area contributed by atoms with Crippen LogP contribution in [0.5, 0.6) is 0 Å². The standard InChI is InChI=1S/C11H11N3O/c1-7(15)11-13-10-8(6-12)4-3-5-9(10)14(11)2/h3-5,7,15H,1-2H3. The zero-order valence-corrected chi connectivity index (χ0v) is 8.60. The van der Waals surface area contributed by atoms with E-state index < -0.39 is 6.10 Å². The van der Waals surface area contributed by atoms with Crippen LogP contribution in [0.1, 0.15) is 24.4 Å². The van der Waals surface area contributed by atoms with Gasteiger partial charge in [-0.15, -0.1) is 0 Å². The molecule has 1 aromatic carbocycles. The van der Waals surface area contributed by atoms with Gasteiger partial charge in [-0.05, 0) is 19.1 Å². The second-order valence-electron chi connectivity index (χ2n) is 3.49. The lowest BCUT2D eigenvalue weighted by Crippen LogP contribution is -2.01. The van der Waals surface area contributed by atoms with Crippen LogP contribution in [0.3, 0.4) is 0 Å². The van der Waals surface area contributed by atoms with Gasteiger partial charge in [-0.1, -0.05) is 6.07 Å². The van der Waals surface area contributed by atoms with E-state index in [9.17, 15) is 5.11 Å². The molecule has 0 spiro atoms. The summed E-state index contributed by atoms with van der Waals surface area (Å²) in [6, 6.07) is 7.51. The van der Waals surface area contributed by atoms with Gasteiger partial charge in [0.15, 0.2) is 0 Å². The van der Waals surface area contributed by atoms with Gasteiger partial charge >= 0.3 is 0 Å². The number of hydrogen-bond donors (Lipinski definition) is 1. The van der Waals surface area contributed by atoms with Gasteiger partial charge in [0.1, 0.15) is 23.5 Å². The van der Waals surface area contributed by atoms with Gasteiger partial charge in [0, 0.05) is 7.05 Å². The number of aromatic nitrogens is 2. The van der Waals surface area contributed by atoms with Gasteiger partial charge in [-0.25, -0.2) is 4.98 Å². The summed E-state index contributed by atoms with van der Waals surface area (Å²) in [4.78, 5) is 4.27. The van der Waals surface area contributed by atoms with E-state index in [1.54, 1.807) is 17.6 Å². The van der Waals surface area contributed by atoms with Crippen molar-refractivity contribution in [3.63, 3.8) is 0 Å². The van der Waals surface area contributed by atoms with E-state index in [1.165, 1.54) is 0 Å². The molecule has 15 heavy (non-hydrogen) atoms. The van der Waals surface area contributed by atoms with Crippen LogP contribution >= 0.6 is 0 Å². The van der Waals surface area contributed by atoms with Crippen molar-refractivity contribution in [2.75, 3.05) is 0 Å². The topological polar surface area (TPSA) is 61.8 Å². The number of benzene rings is 1. The summed E-state index contributed by atoms with van der Waals surface area (Å²) in [5.74, 6) is 0.577. The largest absolute Gasteiger partial charge is 0.385 e. The lowest BCUT2D eigenvalue weighted by Gasteiger charge is -2.03. The average molecular weight is 201 g/mol. The van der Waals surface area contributed by atoms with Gasteiger partial charge in [0.25, 0.3) is 0 Å². The number of imidazole rings is 1. The Kier molecular flexibility index (Phi) is 2.18. The Morgan fingerprint density at radius 1 is 1.53 bits per heavy atom.